The van der Waals surface area contributed by atoms with Gasteiger partial charge in [0.2, 0.25) is 0 Å². The molecule has 0 radical (unpaired) electrons. The zero-order chi connectivity index (χ0) is 33.4. The van der Waals surface area contributed by atoms with Crippen molar-refractivity contribution in [3.63, 3.8) is 0 Å². The van der Waals surface area contributed by atoms with E-state index in [0.717, 1.165) is 35.3 Å². The second kappa shape index (κ2) is 15.8. The van der Waals surface area contributed by atoms with Crippen molar-refractivity contribution in [2.45, 2.75) is 123 Å². The van der Waals surface area contributed by atoms with Crippen molar-refractivity contribution in [3.8, 4) is 5.75 Å². The second-order valence-electron chi connectivity index (χ2n) is 14.3. The average Bonchev–Trinajstić information content (AvgIpc) is 2.97. The highest BCUT2D eigenvalue weighted by molar-refractivity contribution is 6.78. The molecule has 0 aliphatic carbocycles. The van der Waals surface area contributed by atoms with Gasteiger partial charge in [0.15, 0.2) is 0 Å². The lowest BCUT2D eigenvalue weighted by molar-refractivity contribution is -0.157. The standard InChI is InChI=1S/C39H55NO4Si/c1-27(2)45(28(3)4,29(5)6)44-35-23-18-32(19-24-35)17-22-33-26-34(21-16-30(33)7)37(41)40-36(38(42)43-39(8,9)10)25-20-31-14-12-11-13-15-31/h11-16,18-19,21,23-24,26-29,36H,17,20,22,25H2,1-10H3,(H,40,41)/t36-/m0/s1. The van der Waals surface area contributed by atoms with Crippen molar-refractivity contribution in [1.82, 2.24) is 5.32 Å². The minimum Gasteiger partial charge on any atom is -0.543 e. The van der Waals surface area contributed by atoms with Crippen LogP contribution in [0.25, 0.3) is 0 Å². The van der Waals surface area contributed by atoms with E-state index in [2.05, 4.69) is 78.0 Å². The summed E-state index contributed by atoms with van der Waals surface area (Å²) in [4.78, 5) is 26.5. The maximum atomic E-state index is 13.4. The fourth-order valence-electron chi connectivity index (χ4n) is 6.46. The quantitative estimate of drug-likeness (QED) is 0.143. The average molecular weight is 630 g/mol. The minimum absolute atomic E-state index is 0.269. The van der Waals surface area contributed by atoms with E-state index in [0.29, 0.717) is 35.0 Å². The third-order valence-corrected chi connectivity index (χ3v) is 14.8. The number of aryl methyl sites for hydroxylation is 4. The number of benzene rings is 3. The number of carbonyl (C=O) groups excluding carboxylic acids is 2. The van der Waals surface area contributed by atoms with Gasteiger partial charge in [0.25, 0.3) is 14.2 Å². The molecule has 1 N–H and O–H groups in total. The maximum absolute atomic E-state index is 13.4. The van der Waals surface area contributed by atoms with Crippen molar-refractivity contribution in [2.75, 3.05) is 0 Å². The Morgan fingerprint density at radius 1 is 0.756 bits per heavy atom. The molecule has 0 unspecified atom stereocenters. The first-order valence-electron chi connectivity index (χ1n) is 16.6. The highest BCUT2D eigenvalue weighted by Gasteiger charge is 2.47. The van der Waals surface area contributed by atoms with E-state index in [-0.39, 0.29) is 5.91 Å². The van der Waals surface area contributed by atoms with Crippen LogP contribution in [0.15, 0.2) is 72.8 Å². The van der Waals surface area contributed by atoms with Crippen LogP contribution in [0.5, 0.6) is 5.75 Å². The first kappa shape index (κ1) is 36.1. The maximum Gasteiger partial charge on any atom is 0.329 e. The van der Waals surface area contributed by atoms with Gasteiger partial charge in [-0.1, -0.05) is 90.1 Å². The van der Waals surface area contributed by atoms with E-state index in [1.54, 1.807) is 0 Å². The molecule has 0 saturated heterocycles. The Balaban J connectivity index is 1.70. The van der Waals surface area contributed by atoms with Crippen molar-refractivity contribution in [1.29, 1.82) is 0 Å². The van der Waals surface area contributed by atoms with Crippen molar-refractivity contribution in [3.05, 3.63) is 101 Å². The van der Waals surface area contributed by atoms with E-state index < -0.39 is 25.9 Å². The van der Waals surface area contributed by atoms with Crippen LogP contribution in [0.4, 0.5) is 0 Å². The number of hydrogen-bond donors (Lipinski definition) is 1. The van der Waals surface area contributed by atoms with E-state index >= 15 is 0 Å². The topological polar surface area (TPSA) is 64.6 Å². The summed E-state index contributed by atoms with van der Waals surface area (Å²) < 4.78 is 12.5. The molecule has 0 spiro atoms. The number of amides is 1. The molecule has 45 heavy (non-hydrogen) atoms. The van der Waals surface area contributed by atoms with E-state index in [1.165, 1.54) is 5.56 Å². The lowest BCUT2D eigenvalue weighted by Gasteiger charge is -2.42. The molecule has 0 bridgehead atoms. The Kier molecular flexibility index (Phi) is 12.6. The molecule has 5 nitrogen and oxygen atoms in total. The van der Waals surface area contributed by atoms with Crippen LogP contribution in [0.2, 0.25) is 16.6 Å². The summed E-state index contributed by atoms with van der Waals surface area (Å²) in [5.41, 5.74) is 6.06. The Morgan fingerprint density at radius 3 is 1.89 bits per heavy atom. The van der Waals surface area contributed by atoms with Gasteiger partial charge in [-0.05, 0) is 117 Å². The smallest absolute Gasteiger partial charge is 0.329 e. The summed E-state index contributed by atoms with van der Waals surface area (Å²) in [6.45, 7) is 21.4. The molecule has 244 valence electrons. The monoisotopic (exact) mass is 629 g/mol. The predicted octanol–water partition coefficient (Wildman–Crippen LogP) is 9.41. The lowest BCUT2D eigenvalue weighted by Crippen LogP contribution is -2.50. The largest absolute Gasteiger partial charge is 0.543 e. The van der Waals surface area contributed by atoms with Gasteiger partial charge in [-0.3, -0.25) is 4.79 Å². The second-order valence-corrected chi connectivity index (χ2v) is 19.7. The molecule has 0 aliphatic heterocycles. The normalized spacial score (nSPS) is 12.8. The SMILES string of the molecule is Cc1ccc(C(=O)N[C@@H](CCc2ccccc2)C(=O)OC(C)(C)C)cc1CCc1ccc(O[Si](C(C)C)(C(C)C)C(C)C)cc1. The zero-order valence-electron chi connectivity index (χ0n) is 29.2. The van der Waals surface area contributed by atoms with Gasteiger partial charge >= 0.3 is 5.97 Å². The summed E-state index contributed by atoms with van der Waals surface area (Å²) in [7, 11) is -2.00. The Hall–Kier alpha value is -3.38. The molecule has 0 aliphatic rings. The van der Waals surface area contributed by atoms with Gasteiger partial charge in [0, 0.05) is 5.56 Å². The molecule has 3 aromatic carbocycles. The molecular formula is C39H55NO4Si. The summed E-state index contributed by atoms with van der Waals surface area (Å²) in [5.74, 6) is 0.277. The van der Waals surface area contributed by atoms with Crippen LogP contribution >= 0.6 is 0 Å². The van der Waals surface area contributed by atoms with Crippen LogP contribution < -0.4 is 9.74 Å². The molecule has 1 atom stereocenters. The van der Waals surface area contributed by atoms with Crippen molar-refractivity contribution < 1.29 is 18.8 Å². The molecule has 0 heterocycles. The predicted molar refractivity (Wildman–Crippen MR) is 189 cm³/mol. The van der Waals surface area contributed by atoms with Crippen molar-refractivity contribution >= 4 is 20.2 Å². The Bertz CT molecular complexity index is 1370. The Labute approximate surface area is 273 Å². The van der Waals surface area contributed by atoms with Crippen molar-refractivity contribution in [2.24, 2.45) is 0 Å². The van der Waals surface area contributed by atoms with Gasteiger partial charge in [0.1, 0.15) is 17.4 Å². The fourth-order valence-corrected chi connectivity index (χ4v) is 11.7. The number of rotatable bonds is 14. The number of esters is 1. The molecule has 6 heteroatoms. The first-order chi connectivity index (χ1) is 21.1. The molecule has 1 amide bonds. The van der Waals surface area contributed by atoms with E-state index in [9.17, 15) is 9.59 Å². The number of ether oxygens (including phenoxy) is 1. The third kappa shape index (κ3) is 10.1. The molecule has 0 aromatic heterocycles. The van der Waals surface area contributed by atoms with E-state index in [4.69, 9.17) is 9.16 Å². The van der Waals surface area contributed by atoms with Crippen LogP contribution in [0.3, 0.4) is 0 Å². The van der Waals surface area contributed by atoms with Gasteiger partial charge in [-0.25, -0.2) is 4.79 Å². The summed E-state index contributed by atoms with van der Waals surface area (Å²) in [6, 6.07) is 23.6. The van der Waals surface area contributed by atoms with Crippen LogP contribution in [-0.2, 0) is 28.8 Å². The number of nitrogens with one attached hydrogen (secondary N) is 1. The molecular weight excluding hydrogens is 575 g/mol. The number of hydrogen-bond acceptors (Lipinski definition) is 4. The lowest BCUT2D eigenvalue weighted by atomic mass is 9.97. The van der Waals surface area contributed by atoms with Gasteiger partial charge in [-0.2, -0.15) is 0 Å². The van der Waals surface area contributed by atoms with Gasteiger partial charge in [-0.15, -0.1) is 0 Å². The highest BCUT2D eigenvalue weighted by Crippen LogP contribution is 2.42. The molecule has 0 saturated carbocycles. The Morgan fingerprint density at radius 2 is 1.33 bits per heavy atom. The minimum atomic E-state index is -2.00. The van der Waals surface area contributed by atoms with Crippen LogP contribution in [-0.4, -0.2) is 31.8 Å². The van der Waals surface area contributed by atoms with Crippen LogP contribution in [0, 0.1) is 6.92 Å². The summed E-state index contributed by atoms with van der Waals surface area (Å²) >= 11 is 0. The highest BCUT2D eigenvalue weighted by atomic mass is 28.4. The first-order valence-corrected chi connectivity index (χ1v) is 18.7. The summed E-state index contributed by atoms with van der Waals surface area (Å²) in [5, 5.41) is 2.97. The van der Waals surface area contributed by atoms with E-state index in [1.807, 2.05) is 69.3 Å². The third-order valence-electron chi connectivity index (χ3n) is 8.78. The number of carbonyl (C=O) groups is 2. The molecule has 3 aromatic rings. The molecule has 0 fully saturated rings. The molecule has 3 rings (SSSR count). The fraction of sp³-hybridized carbons (Fsp3) is 0.487. The zero-order valence-corrected chi connectivity index (χ0v) is 30.2. The summed E-state index contributed by atoms with van der Waals surface area (Å²) in [6.07, 6.45) is 2.77. The van der Waals surface area contributed by atoms with Gasteiger partial charge < -0.3 is 14.5 Å². The van der Waals surface area contributed by atoms with Crippen LogP contribution in [0.1, 0.15) is 101 Å². The van der Waals surface area contributed by atoms with Gasteiger partial charge in [0.05, 0.1) is 0 Å².